The van der Waals surface area contributed by atoms with Crippen molar-refractivity contribution >= 4 is 28.3 Å². The monoisotopic (exact) mass is 364 g/mol. The van der Waals surface area contributed by atoms with E-state index in [1.54, 1.807) is 25.1 Å². The number of carbonyl (C=O) groups is 2. The van der Waals surface area contributed by atoms with Crippen molar-refractivity contribution in [3.8, 4) is 5.75 Å². The minimum atomic E-state index is -0.476. The molecule has 0 atom stereocenters. The fourth-order valence-corrected chi connectivity index (χ4v) is 2.73. The van der Waals surface area contributed by atoms with Crippen LogP contribution in [0.5, 0.6) is 5.75 Å². The number of nitrogens with one attached hydrogen (secondary N) is 1. The van der Waals surface area contributed by atoms with Gasteiger partial charge in [-0.2, -0.15) is 0 Å². The number of hydrogen-bond donors (Lipinski definition) is 2. The largest absolute Gasteiger partial charge is 0.491 e. The fourth-order valence-electron chi connectivity index (χ4n) is 2.02. The van der Waals surface area contributed by atoms with Crippen molar-refractivity contribution in [1.29, 1.82) is 0 Å². The van der Waals surface area contributed by atoms with E-state index in [0.29, 0.717) is 21.8 Å². The van der Waals surface area contributed by atoms with Crippen molar-refractivity contribution in [1.82, 2.24) is 4.98 Å². The predicted molar refractivity (Wildman–Crippen MR) is 94.2 cm³/mol. The Morgan fingerprint density at radius 2 is 2.08 bits per heavy atom. The standard InChI is InChI=1S/C17H20N2O5S/c1-4-23-16(22)14-8-18-17(25-14)19-15(21)12-5-11(9-20)6-13(7-12)24-10(2)3/h5-8,10,20H,4,9H2,1-3H3,(H,18,19,21). The first-order chi connectivity index (χ1) is 11.9. The molecule has 0 radical (unpaired) electrons. The van der Waals surface area contributed by atoms with Crippen LogP contribution in [-0.2, 0) is 11.3 Å². The van der Waals surface area contributed by atoms with E-state index >= 15 is 0 Å². The van der Waals surface area contributed by atoms with Gasteiger partial charge in [-0.15, -0.1) is 0 Å². The molecule has 2 aromatic rings. The minimum Gasteiger partial charge on any atom is -0.491 e. The molecule has 1 amide bonds. The summed E-state index contributed by atoms with van der Waals surface area (Å²) in [5.74, 6) is -0.387. The number of ether oxygens (including phenoxy) is 2. The van der Waals surface area contributed by atoms with E-state index < -0.39 is 11.9 Å². The number of amides is 1. The molecule has 25 heavy (non-hydrogen) atoms. The van der Waals surface area contributed by atoms with E-state index in [-0.39, 0.29) is 24.4 Å². The lowest BCUT2D eigenvalue weighted by molar-refractivity contribution is 0.0531. The van der Waals surface area contributed by atoms with Crippen molar-refractivity contribution in [2.24, 2.45) is 0 Å². The van der Waals surface area contributed by atoms with Crippen LogP contribution in [0.2, 0.25) is 0 Å². The molecule has 0 aliphatic rings. The lowest BCUT2D eigenvalue weighted by Crippen LogP contribution is -2.13. The number of anilines is 1. The average Bonchev–Trinajstić information content (AvgIpc) is 3.02. The number of aromatic nitrogens is 1. The second kappa shape index (κ2) is 8.59. The van der Waals surface area contributed by atoms with Gasteiger partial charge in [0.15, 0.2) is 5.13 Å². The highest BCUT2D eigenvalue weighted by molar-refractivity contribution is 7.17. The van der Waals surface area contributed by atoms with E-state index in [9.17, 15) is 14.7 Å². The first kappa shape index (κ1) is 18.9. The summed E-state index contributed by atoms with van der Waals surface area (Å²) >= 11 is 1.03. The third-order valence-corrected chi connectivity index (χ3v) is 3.88. The Morgan fingerprint density at radius 3 is 2.72 bits per heavy atom. The van der Waals surface area contributed by atoms with Gasteiger partial charge in [0.05, 0.1) is 25.5 Å². The number of rotatable bonds is 7. The Morgan fingerprint density at radius 1 is 1.32 bits per heavy atom. The smallest absolute Gasteiger partial charge is 0.350 e. The van der Waals surface area contributed by atoms with Crippen LogP contribution in [0, 0.1) is 0 Å². The molecule has 1 aromatic heterocycles. The molecular weight excluding hydrogens is 344 g/mol. The number of hydrogen-bond acceptors (Lipinski definition) is 7. The van der Waals surface area contributed by atoms with Crippen LogP contribution in [0.25, 0.3) is 0 Å². The summed E-state index contributed by atoms with van der Waals surface area (Å²) in [5.41, 5.74) is 0.893. The predicted octanol–water partition coefficient (Wildman–Crippen LogP) is 2.85. The summed E-state index contributed by atoms with van der Waals surface area (Å²) in [5, 5.41) is 12.3. The molecule has 0 spiro atoms. The van der Waals surface area contributed by atoms with Gasteiger partial charge in [0, 0.05) is 5.56 Å². The zero-order chi connectivity index (χ0) is 18.4. The lowest BCUT2D eigenvalue weighted by Gasteiger charge is -2.12. The second-order valence-corrected chi connectivity index (χ2v) is 6.43. The van der Waals surface area contributed by atoms with Crippen molar-refractivity contribution in [3.05, 3.63) is 40.4 Å². The third-order valence-electron chi connectivity index (χ3n) is 2.99. The van der Waals surface area contributed by atoms with Gasteiger partial charge in [0.1, 0.15) is 10.6 Å². The minimum absolute atomic E-state index is 0.0593. The first-order valence-electron chi connectivity index (χ1n) is 7.78. The molecule has 134 valence electrons. The summed E-state index contributed by atoms with van der Waals surface area (Å²) in [4.78, 5) is 28.4. The maximum absolute atomic E-state index is 12.4. The molecule has 8 heteroatoms. The van der Waals surface area contributed by atoms with Gasteiger partial charge < -0.3 is 14.6 Å². The van der Waals surface area contributed by atoms with Crippen molar-refractivity contribution in [2.45, 2.75) is 33.5 Å². The number of aliphatic hydroxyl groups excluding tert-OH is 1. The molecule has 0 bridgehead atoms. The zero-order valence-electron chi connectivity index (χ0n) is 14.2. The van der Waals surface area contributed by atoms with Crippen molar-refractivity contribution in [2.75, 3.05) is 11.9 Å². The zero-order valence-corrected chi connectivity index (χ0v) is 15.1. The molecule has 0 fully saturated rings. The van der Waals surface area contributed by atoms with E-state index in [1.807, 2.05) is 13.8 Å². The molecule has 0 unspecified atom stereocenters. The Hall–Kier alpha value is -2.45. The van der Waals surface area contributed by atoms with Gasteiger partial charge in [0.25, 0.3) is 5.91 Å². The van der Waals surface area contributed by atoms with Crippen LogP contribution in [-0.4, -0.2) is 34.7 Å². The summed E-state index contributed by atoms with van der Waals surface area (Å²) in [6.07, 6.45) is 1.30. The van der Waals surface area contributed by atoms with E-state index in [4.69, 9.17) is 9.47 Å². The molecule has 7 nitrogen and oxygen atoms in total. The highest BCUT2D eigenvalue weighted by Crippen LogP contribution is 2.22. The quantitative estimate of drug-likeness (QED) is 0.733. The normalized spacial score (nSPS) is 10.6. The first-order valence-corrected chi connectivity index (χ1v) is 8.60. The maximum Gasteiger partial charge on any atom is 0.350 e. The van der Waals surface area contributed by atoms with Crippen molar-refractivity contribution < 1.29 is 24.2 Å². The Labute approximate surface area is 149 Å². The number of benzene rings is 1. The topological polar surface area (TPSA) is 97.8 Å². The summed E-state index contributed by atoms with van der Waals surface area (Å²) < 4.78 is 10.5. The molecule has 2 N–H and O–H groups in total. The van der Waals surface area contributed by atoms with Crippen LogP contribution in [0.15, 0.2) is 24.4 Å². The van der Waals surface area contributed by atoms with E-state index in [0.717, 1.165) is 11.3 Å². The van der Waals surface area contributed by atoms with Gasteiger partial charge in [-0.25, -0.2) is 9.78 Å². The highest BCUT2D eigenvalue weighted by Gasteiger charge is 2.15. The number of nitrogens with zero attached hydrogens (tertiary/aromatic N) is 1. The molecule has 2 rings (SSSR count). The van der Waals surface area contributed by atoms with Gasteiger partial charge in [-0.3, -0.25) is 10.1 Å². The molecule has 1 aromatic carbocycles. The SMILES string of the molecule is CCOC(=O)c1cnc(NC(=O)c2cc(CO)cc(OC(C)C)c2)s1. The summed E-state index contributed by atoms with van der Waals surface area (Å²) in [6.45, 7) is 5.52. The van der Waals surface area contributed by atoms with Crippen LogP contribution in [0.4, 0.5) is 5.13 Å². The molecule has 1 heterocycles. The number of aliphatic hydroxyl groups is 1. The molecule has 0 aliphatic carbocycles. The van der Waals surface area contributed by atoms with Crippen LogP contribution >= 0.6 is 11.3 Å². The Balaban J connectivity index is 2.16. The van der Waals surface area contributed by atoms with Crippen molar-refractivity contribution in [3.63, 3.8) is 0 Å². The third kappa shape index (κ3) is 5.27. The molecule has 0 saturated heterocycles. The van der Waals surface area contributed by atoms with Gasteiger partial charge in [-0.05, 0) is 44.5 Å². The maximum atomic E-state index is 12.4. The highest BCUT2D eigenvalue weighted by atomic mass is 32.1. The van der Waals surface area contributed by atoms with Crippen LogP contribution in [0.3, 0.4) is 0 Å². The van der Waals surface area contributed by atoms with E-state index in [1.165, 1.54) is 6.20 Å². The Bertz CT molecular complexity index is 757. The van der Waals surface area contributed by atoms with Crippen LogP contribution in [0.1, 0.15) is 46.4 Å². The van der Waals surface area contributed by atoms with E-state index in [2.05, 4.69) is 10.3 Å². The lowest BCUT2D eigenvalue weighted by atomic mass is 10.1. The van der Waals surface area contributed by atoms with Crippen LogP contribution < -0.4 is 10.1 Å². The van der Waals surface area contributed by atoms with Gasteiger partial charge in [0.2, 0.25) is 0 Å². The molecular formula is C17H20N2O5S. The average molecular weight is 364 g/mol. The summed E-state index contributed by atoms with van der Waals surface area (Å²) in [6, 6.07) is 4.84. The fraction of sp³-hybridized carbons (Fsp3) is 0.353. The molecule has 0 saturated carbocycles. The Kier molecular flexibility index (Phi) is 6.49. The number of esters is 1. The second-order valence-electron chi connectivity index (χ2n) is 5.39. The van der Waals surface area contributed by atoms with Gasteiger partial charge >= 0.3 is 5.97 Å². The molecule has 0 aliphatic heterocycles. The summed E-state index contributed by atoms with van der Waals surface area (Å²) in [7, 11) is 0. The number of thiazole rings is 1. The van der Waals surface area contributed by atoms with Gasteiger partial charge in [-0.1, -0.05) is 11.3 Å². The number of carbonyl (C=O) groups excluding carboxylic acids is 2.